The van der Waals surface area contributed by atoms with E-state index >= 15 is 0 Å². The highest BCUT2D eigenvalue weighted by Crippen LogP contribution is 2.68. The van der Waals surface area contributed by atoms with Crippen molar-refractivity contribution in [2.45, 2.75) is 78.1 Å². The number of esters is 1. The molecule has 0 radical (unpaired) electrons. The van der Waals surface area contributed by atoms with Crippen LogP contribution in [-0.4, -0.2) is 12.6 Å². The minimum absolute atomic E-state index is 0.106. The molecule has 7 atom stereocenters. The Morgan fingerprint density at radius 2 is 1.76 bits per heavy atom. The summed E-state index contributed by atoms with van der Waals surface area (Å²) in [6.45, 7) is 5.79. The normalized spacial score (nSPS) is 52.0. The van der Waals surface area contributed by atoms with Gasteiger partial charge in [-0.1, -0.05) is 26.7 Å². The minimum Gasteiger partial charge on any atom is -0.458 e. The van der Waals surface area contributed by atoms with Crippen LogP contribution in [0, 0.1) is 40.4 Å². The van der Waals surface area contributed by atoms with Gasteiger partial charge in [-0.05, 0) is 97.4 Å². The van der Waals surface area contributed by atoms with Gasteiger partial charge < -0.3 is 4.74 Å². The van der Waals surface area contributed by atoms with Crippen LogP contribution in [0.3, 0.4) is 0 Å². The van der Waals surface area contributed by atoms with Crippen molar-refractivity contribution in [3.8, 4) is 0 Å². The lowest BCUT2D eigenvalue weighted by Gasteiger charge is -2.60. The van der Waals surface area contributed by atoms with Crippen LogP contribution < -0.4 is 0 Å². The van der Waals surface area contributed by atoms with E-state index in [4.69, 9.17) is 4.74 Å². The molecule has 0 N–H and O–H groups in total. The molecule has 5 rings (SSSR count). The van der Waals surface area contributed by atoms with Crippen molar-refractivity contribution in [3.05, 3.63) is 11.6 Å². The molecule has 1 heterocycles. The topological polar surface area (TPSA) is 26.3 Å². The highest BCUT2D eigenvalue weighted by molar-refractivity contribution is 5.85. The molecule has 0 spiro atoms. The lowest BCUT2D eigenvalue weighted by atomic mass is 9.44. The Hall–Kier alpha value is -0.790. The summed E-state index contributed by atoms with van der Waals surface area (Å²) in [7, 11) is 0. The molecule has 0 unspecified atom stereocenters. The van der Waals surface area contributed by atoms with E-state index in [1.807, 2.05) is 6.08 Å². The first-order chi connectivity index (χ1) is 12.0. The van der Waals surface area contributed by atoms with Gasteiger partial charge in [0.25, 0.3) is 0 Å². The molecular weight excluding hydrogens is 308 g/mol. The third-order valence-electron chi connectivity index (χ3n) is 9.72. The molecule has 4 fully saturated rings. The van der Waals surface area contributed by atoms with Crippen LogP contribution in [0.4, 0.5) is 0 Å². The third-order valence-corrected chi connectivity index (χ3v) is 9.72. The molecule has 0 saturated heterocycles. The Morgan fingerprint density at radius 3 is 2.56 bits per heavy atom. The predicted octanol–water partition coefficient (Wildman–Crippen LogP) is 5.52. The molecule has 25 heavy (non-hydrogen) atoms. The molecular formula is C23H34O2. The summed E-state index contributed by atoms with van der Waals surface area (Å²) < 4.78 is 5.26. The average molecular weight is 343 g/mol. The van der Waals surface area contributed by atoms with Gasteiger partial charge in [0, 0.05) is 6.08 Å². The molecule has 1 aliphatic heterocycles. The number of carbonyl (C=O) groups is 1. The Balaban J connectivity index is 1.43. The largest absolute Gasteiger partial charge is 0.458 e. The molecule has 138 valence electrons. The smallest absolute Gasteiger partial charge is 0.331 e. The summed E-state index contributed by atoms with van der Waals surface area (Å²) in [5, 5.41) is 0. The molecule has 4 saturated carbocycles. The van der Waals surface area contributed by atoms with Crippen molar-refractivity contribution in [1.82, 2.24) is 0 Å². The van der Waals surface area contributed by atoms with Gasteiger partial charge >= 0.3 is 5.97 Å². The predicted molar refractivity (Wildman–Crippen MR) is 98.9 cm³/mol. The quantitative estimate of drug-likeness (QED) is 0.587. The maximum atomic E-state index is 11.6. The van der Waals surface area contributed by atoms with Gasteiger partial charge in [0.15, 0.2) is 0 Å². The molecule has 2 heteroatoms. The van der Waals surface area contributed by atoms with Crippen molar-refractivity contribution < 1.29 is 9.53 Å². The van der Waals surface area contributed by atoms with Crippen LogP contribution in [-0.2, 0) is 9.53 Å². The fourth-order valence-electron chi connectivity index (χ4n) is 8.49. The van der Waals surface area contributed by atoms with E-state index in [1.54, 1.807) is 0 Å². The van der Waals surface area contributed by atoms with E-state index < -0.39 is 0 Å². The van der Waals surface area contributed by atoms with Crippen LogP contribution in [0.15, 0.2) is 11.6 Å². The summed E-state index contributed by atoms with van der Waals surface area (Å²) >= 11 is 0. The summed E-state index contributed by atoms with van der Waals surface area (Å²) in [5.74, 6) is 4.30. The van der Waals surface area contributed by atoms with Crippen LogP contribution in [0.25, 0.3) is 0 Å². The number of hydrogen-bond acceptors (Lipinski definition) is 2. The van der Waals surface area contributed by atoms with E-state index in [0.29, 0.717) is 23.4 Å². The van der Waals surface area contributed by atoms with Crippen LogP contribution in [0.1, 0.15) is 78.1 Å². The lowest BCUT2D eigenvalue weighted by Crippen LogP contribution is -2.52. The molecule has 0 aromatic rings. The average Bonchev–Trinajstić information content (AvgIpc) is 3.16. The van der Waals surface area contributed by atoms with Gasteiger partial charge in [-0.2, -0.15) is 0 Å². The number of fused-ring (bicyclic) bond motifs is 5. The molecule has 0 aromatic carbocycles. The summed E-state index contributed by atoms with van der Waals surface area (Å²) in [6, 6.07) is 0. The standard InChI is InChI=1S/C23H34O2/c1-22-11-4-3-5-16(22)6-7-17-19-9-8-18(15-13-21(24)25-14-15)23(19,2)12-10-20(17)22/h13,16-20H,3-12,14H2,1-2H3/t16-,17+,18-,19-,20+,22+,23-/m1/s1. The van der Waals surface area contributed by atoms with Crippen LogP contribution in [0.5, 0.6) is 0 Å². The van der Waals surface area contributed by atoms with Gasteiger partial charge in [-0.25, -0.2) is 4.79 Å². The van der Waals surface area contributed by atoms with Crippen molar-refractivity contribution in [2.75, 3.05) is 6.61 Å². The third kappa shape index (κ3) is 2.24. The lowest BCUT2D eigenvalue weighted by molar-refractivity contribution is -0.135. The molecule has 2 nitrogen and oxygen atoms in total. The fraction of sp³-hybridized carbons (Fsp3) is 0.870. The van der Waals surface area contributed by atoms with Gasteiger partial charge in [0.2, 0.25) is 0 Å². The number of carbonyl (C=O) groups excluding carboxylic acids is 1. The highest BCUT2D eigenvalue weighted by Gasteiger charge is 2.60. The molecule has 5 aliphatic rings. The zero-order valence-electron chi connectivity index (χ0n) is 16.1. The van der Waals surface area contributed by atoms with E-state index in [-0.39, 0.29) is 5.97 Å². The number of ether oxygens (including phenoxy) is 1. The monoisotopic (exact) mass is 342 g/mol. The molecule has 4 aliphatic carbocycles. The maximum absolute atomic E-state index is 11.6. The Morgan fingerprint density at radius 1 is 0.920 bits per heavy atom. The van der Waals surface area contributed by atoms with E-state index in [9.17, 15) is 4.79 Å². The summed E-state index contributed by atoms with van der Waals surface area (Å²) in [6.07, 6.45) is 16.2. The van der Waals surface area contributed by atoms with Crippen molar-refractivity contribution in [1.29, 1.82) is 0 Å². The highest BCUT2D eigenvalue weighted by atomic mass is 16.5. The molecule has 0 aromatic heterocycles. The first-order valence-electron chi connectivity index (χ1n) is 10.9. The van der Waals surface area contributed by atoms with Gasteiger partial charge in [0.1, 0.15) is 6.61 Å². The minimum atomic E-state index is -0.106. The van der Waals surface area contributed by atoms with Gasteiger partial charge in [0.05, 0.1) is 0 Å². The molecule has 0 amide bonds. The van der Waals surface area contributed by atoms with Gasteiger partial charge in [-0.3, -0.25) is 0 Å². The van der Waals surface area contributed by atoms with Crippen molar-refractivity contribution in [2.24, 2.45) is 40.4 Å². The Kier molecular flexibility index (Phi) is 3.67. The summed E-state index contributed by atoms with van der Waals surface area (Å²) in [5.41, 5.74) is 2.36. The fourth-order valence-corrected chi connectivity index (χ4v) is 8.49. The van der Waals surface area contributed by atoms with Gasteiger partial charge in [-0.15, -0.1) is 0 Å². The van der Waals surface area contributed by atoms with Crippen LogP contribution >= 0.6 is 0 Å². The van der Waals surface area contributed by atoms with E-state index in [1.165, 1.54) is 69.8 Å². The molecule has 0 bridgehead atoms. The van der Waals surface area contributed by atoms with E-state index in [2.05, 4.69) is 13.8 Å². The first-order valence-corrected chi connectivity index (χ1v) is 10.9. The zero-order chi connectivity index (χ0) is 17.2. The summed E-state index contributed by atoms with van der Waals surface area (Å²) in [4.78, 5) is 11.6. The van der Waals surface area contributed by atoms with Crippen molar-refractivity contribution in [3.63, 3.8) is 0 Å². The number of rotatable bonds is 1. The van der Waals surface area contributed by atoms with E-state index in [0.717, 1.165) is 23.7 Å². The Labute approximate surface area is 152 Å². The second-order valence-electron chi connectivity index (χ2n) is 10.4. The maximum Gasteiger partial charge on any atom is 0.331 e. The number of hydrogen-bond donors (Lipinski definition) is 0. The van der Waals surface area contributed by atoms with Crippen molar-refractivity contribution >= 4 is 5.97 Å². The first kappa shape index (κ1) is 16.4. The second kappa shape index (κ2) is 5.60. The van der Waals surface area contributed by atoms with Crippen LogP contribution in [0.2, 0.25) is 0 Å². The number of cyclic esters (lactones) is 1. The zero-order valence-corrected chi connectivity index (χ0v) is 16.1. The Bertz CT molecular complexity index is 607. The SMILES string of the molecule is C[C@]12CCCC[C@@H]1CC[C@H]1[C@H]3CC[C@H](C4=CC(=O)OC4)[C@@]3(C)CC[C@@H]12. The second-order valence-corrected chi connectivity index (χ2v) is 10.4.